The number of hydrogen-bond donors (Lipinski definition) is 2. The number of aromatic amines is 1. The molecule has 0 amide bonds. The van der Waals surface area contributed by atoms with Gasteiger partial charge in [0.15, 0.2) is 0 Å². The molecule has 7 heteroatoms. The summed E-state index contributed by atoms with van der Waals surface area (Å²) in [6.07, 6.45) is -2.66. The number of benzene rings is 1. The van der Waals surface area contributed by atoms with Crippen LogP contribution in [-0.4, -0.2) is 28.7 Å². The first kappa shape index (κ1) is 15.1. The van der Waals surface area contributed by atoms with Gasteiger partial charge in [0.1, 0.15) is 5.82 Å². The van der Waals surface area contributed by atoms with Crippen LogP contribution < -0.4 is 5.73 Å². The Labute approximate surface area is 125 Å². The molecule has 1 fully saturated rings. The molecule has 1 aromatic heterocycles. The largest absolute Gasteiger partial charge is 0.416 e. The van der Waals surface area contributed by atoms with Gasteiger partial charge in [0.2, 0.25) is 0 Å². The number of hydrogen-bond acceptors (Lipinski definition) is 3. The number of aromatic nitrogens is 2. The Kier molecular flexibility index (Phi) is 3.49. The summed E-state index contributed by atoms with van der Waals surface area (Å²) >= 11 is 0. The molecule has 22 heavy (non-hydrogen) atoms. The summed E-state index contributed by atoms with van der Waals surface area (Å²) in [7, 11) is 0. The molecule has 3 rings (SSSR count). The lowest BCUT2D eigenvalue weighted by Crippen LogP contribution is -2.60. The number of nitrogens with zero attached hydrogens (tertiary/aromatic N) is 1. The second kappa shape index (κ2) is 5.10. The van der Waals surface area contributed by atoms with Crippen LogP contribution in [0.4, 0.5) is 13.2 Å². The van der Waals surface area contributed by atoms with Crippen molar-refractivity contribution in [3.63, 3.8) is 0 Å². The van der Waals surface area contributed by atoms with E-state index in [0.717, 1.165) is 12.1 Å². The first-order valence-corrected chi connectivity index (χ1v) is 6.89. The van der Waals surface area contributed by atoms with E-state index >= 15 is 0 Å². The highest BCUT2D eigenvalue weighted by Crippen LogP contribution is 2.33. The maximum absolute atomic E-state index is 12.6. The molecule has 1 atom stereocenters. The average molecular weight is 311 g/mol. The van der Waals surface area contributed by atoms with E-state index < -0.39 is 17.3 Å². The van der Waals surface area contributed by atoms with Gasteiger partial charge in [-0.3, -0.25) is 0 Å². The number of alkyl halides is 3. The number of H-pyrrole nitrogens is 1. The van der Waals surface area contributed by atoms with Gasteiger partial charge in [-0.1, -0.05) is 19.1 Å². The third-order valence-electron chi connectivity index (χ3n) is 4.12. The second-order valence-electron chi connectivity index (χ2n) is 5.69. The van der Waals surface area contributed by atoms with E-state index in [0.29, 0.717) is 30.3 Å². The van der Waals surface area contributed by atoms with Gasteiger partial charge in [0.25, 0.3) is 0 Å². The number of halogens is 3. The van der Waals surface area contributed by atoms with Gasteiger partial charge in [-0.2, -0.15) is 13.2 Å². The van der Waals surface area contributed by atoms with E-state index in [1.165, 1.54) is 12.1 Å². The van der Waals surface area contributed by atoms with Crippen LogP contribution in [0.15, 0.2) is 30.5 Å². The van der Waals surface area contributed by atoms with Crippen LogP contribution in [0.2, 0.25) is 0 Å². The summed E-state index contributed by atoms with van der Waals surface area (Å²) in [5.74, 6) is 0.685. The molecule has 1 aliphatic rings. The van der Waals surface area contributed by atoms with Gasteiger partial charge in [0, 0.05) is 17.7 Å². The topological polar surface area (TPSA) is 63.9 Å². The Hall–Kier alpha value is -1.86. The Morgan fingerprint density at radius 1 is 1.27 bits per heavy atom. The molecule has 1 saturated heterocycles. The zero-order valence-electron chi connectivity index (χ0n) is 11.9. The van der Waals surface area contributed by atoms with Gasteiger partial charge in [0.05, 0.1) is 30.0 Å². The first-order chi connectivity index (χ1) is 10.3. The first-order valence-electron chi connectivity index (χ1n) is 6.89. The fraction of sp³-hybridized carbons (Fsp3) is 0.400. The summed E-state index contributed by atoms with van der Waals surface area (Å²) in [6, 6.07) is 4.94. The van der Waals surface area contributed by atoms with E-state index in [2.05, 4.69) is 9.97 Å². The average Bonchev–Trinajstić information content (AvgIpc) is 2.93. The summed E-state index contributed by atoms with van der Waals surface area (Å²) in [6.45, 7) is 2.91. The fourth-order valence-electron chi connectivity index (χ4n) is 2.40. The molecule has 0 spiro atoms. The van der Waals surface area contributed by atoms with Crippen molar-refractivity contribution in [2.75, 3.05) is 13.2 Å². The number of ether oxygens (including phenoxy) is 1. The predicted molar refractivity (Wildman–Crippen MR) is 75.2 cm³/mol. The van der Waals surface area contributed by atoms with Gasteiger partial charge in [-0.25, -0.2) is 4.98 Å². The highest BCUT2D eigenvalue weighted by molar-refractivity contribution is 5.59. The molecule has 2 aromatic rings. The zero-order chi connectivity index (χ0) is 16.0. The monoisotopic (exact) mass is 311 g/mol. The number of rotatable bonds is 3. The van der Waals surface area contributed by atoms with Crippen LogP contribution in [0, 0.1) is 0 Å². The van der Waals surface area contributed by atoms with Crippen molar-refractivity contribution in [2.24, 2.45) is 5.73 Å². The minimum atomic E-state index is -4.33. The number of imidazole rings is 1. The summed E-state index contributed by atoms with van der Waals surface area (Å²) in [5.41, 5.74) is 6.30. The zero-order valence-corrected chi connectivity index (χ0v) is 11.9. The van der Waals surface area contributed by atoms with Crippen molar-refractivity contribution >= 4 is 0 Å². The van der Waals surface area contributed by atoms with Crippen LogP contribution in [0.3, 0.4) is 0 Å². The molecule has 0 radical (unpaired) electrons. The highest BCUT2D eigenvalue weighted by atomic mass is 19.4. The predicted octanol–water partition coefficient (Wildman–Crippen LogP) is 2.93. The normalized spacial score (nSPS) is 18.8. The van der Waals surface area contributed by atoms with Crippen molar-refractivity contribution in [1.82, 2.24) is 9.97 Å². The quantitative estimate of drug-likeness (QED) is 0.916. The minimum absolute atomic E-state index is 0.0237. The van der Waals surface area contributed by atoms with Crippen molar-refractivity contribution in [2.45, 2.75) is 24.6 Å². The molecule has 4 nitrogen and oxygen atoms in total. The molecule has 118 valence electrons. The van der Waals surface area contributed by atoms with Crippen LogP contribution in [-0.2, 0) is 10.9 Å². The molecule has 3 N–H and O–H groups in total. The van der Waals surface area contributed by atoms with E-state index in [9.17, 15) is 13.2 Å². The lowest BCUT2D eigenvalue weighted by Gasteiger charge is -2.41. The van der Waals surface area contributed by atoms with Crippen LogP contribution in [0.5, 0.6) is 0 Å². The third-order valence-corrected chi connectivity index (χ3v) is 4.12. The van der Waals surface area contributed by atoms with Gasteiger partial charge in [-0.15, -0.1) is 0 Å². The van der Waals surface area contributed by atoms with Crippen LogP contribution >= 0.6 is 0 Å². The molecule has 1 aliphatic heterocycles. The van der Waals surface area contributed by atoms with E-state index in [1.54, 1.807) is 6.20 Å². The third kappa shape index (κ3) is 2.62. The van der Waals surface area contributed by atoms with Crippen molar-refractivity contribution < 1.29 is 17.9 Å². The molecule has 0 saturated carbocycles. The second-order valence-corrected chi connectivity index (χ2v) is 5.69. The van der Waals surface area contributed by atoms with Crippen molar-refractivity contribution in [3.8, 4) is 11.3 Å². The number of nitrogens with one attached hydrogen (secondary N) is 1. The fourth-order valence-corrected chi connectivity index (χ4v) is 2.40. The Morgan fingerprint density at radius 2 is 1.91 bits per heavy atom. The molecular formula is C15H16F3N3O. The standard InChI is InChI=1S/C15H16F3N3O/c1-9(14(19)7-22-8-14)13-20-6-12(21-13)10-2-4-11(5-3-10)15(16,17)18/h2-6,9H,7-8,19H2,1H3,(H,20,21). The van der Waals surface area contributed by atoms with Crippen LogP contribution in [0.25, 0.3) is 11.3 Å². The lowest BCUT2D eigenvalue weighted by atomic mass is 9.84. The SMILES string of the molecule is CC(c1nc(-c2ccc(C(F)(F)F)cc2)c[nH]1)C1(N)COC1. The lowest BCUT2D eigenvalue weighted by molar-refractivity contribution is -0.137. The minimum Gasteiger partial charge on any atom is -0.377 e. The molecule has 1 unspecified atom stereocenters. The van der Waals surface area contributed by atoms with E-state index in [4.69, 9.17) is 10.5 Å². The Balaban J connectivity index is 1.82. The molecule has 1 aromatic carbocycles. The Bertz CT molecular complexity index is 659. The smallest absolute Gasteiger partial charge is 0.377 e. The Morgan fingerprint density at radius 3 is 2.41 bits per heavy atom. The maximum atomic E-state index is 12.6. The van der Waals surface area contributed by atoms with Gasteiger partial charge >= 0.3 is 6.18 Å². The van der Waals surface area contributed by atoms with Crippen molar-refractivity contribution in [1.29, 1.82) is 0 Å². The summed E-state index contributed by atoms with van der Waals surface area (Å²) < 4.78 is 42.8. The van der Waals surface area contributed by atoms with Gasteiger partial charge in [-0.05, 0) is 12.1 Å². The molecule has 2 heterocycles. The van der Waals surface area contributed by atoms with Crippen LogP contribution in [0.1, 0.15) is 24.2 Å². The molecule has 0 bridgehead atoms. The maximum Gasteiger partial charge on any atom is 0.416 e. The van der Waals surface area contributed by atoms with E-state index in [1.807, 2.05) is 6.92 Å². The highest BCUT2D eigenvalue weighted by Gasteiger charge is 2.41. The molecule has 0 aliphatic carbocycles. The summed E-state index contributed by atoms with van der Waals surface area (Å²) in [4.78, 5) is 7.50. The van der Waals surface area contributed by atoms with E-state index in [-0.39, 0.29) is 5.92 Å². The summed E-state index contributed by atoms with van der Waals surface area (Å²) in [5, 5.41) is 0. The van der Waals surface area contributed by atoms with Gasteiger partial charge < -0.3 is 15.5 Å². The number of nitrogens with two attached hydrogens (primary N) is 1. The van der Waals surface area contributed by atoms with Crippen molar-refractivity contribution in [3.05, 3.63) is 41.9 Å². The molecular weight excluding hydrogens is 295 g/mol.